The Morgan fingerprint density at radius 2 is 2.09 bits per heavy atom. The van der Waals surface area contributed by atoms with Gasteiger partial charge < -0.3 is 21.9 Å². The van der Waals surface area contributed by atoms with Crippen LogP contribution in [0.1, 0.15) is 5.69 Å². The second-order valence-electron chi connectivity index (χ2n) is 4.35. The predicted molar refractivity (Wildman–Crippen MR) is 81.0 cm³/mol. The summed E-state index contributed by atoms with van der Waals surface area (Å²) in [4.78, 5) is 7.52. The van der Waals surface area contributed by atoms with Crippen LogP contribution in [0, 0.1) is 5.82 Å². The number of rotatable bonds is 4. The van der Waals surface area contributed by atoms with Crippen LogP contribution < -0.4 is 21.9 Å². The Bertz CT molecular complexity index is 719. The molecular weight excluding hydrogens is 289 g/mol. The number of hydrogen-bond donors (Lipinski definition) is 3. The van der Waals surface area contributed by atoms with E-state index in [2.05, 4.69) is 15.1 Å². The number of nitrogens with zero attached hydrogens (tertiary/aromatic N) is 4. The smallest absolute Gasteiger partial charge is 0.223 e. The minimum absolute atomic E-state index is 0.185. The van der Waals surface area contributed by atoms with Gasteiger partial charge in [-0.15, -0.1) is 0 Å². The van der Waals surface area contributed by atoms with Gasteiger partial charge in [-0.3, -0.25) is 4.68 Å². The number of benzene rings is 1. The van der Waals surface area contributed by atoms with Crippen LogP contribution in [-0.4, -0.2) is 21.7 Å². The molecule has 0 unspecified atom stereocenters. The van der Waals surface area contributed by atoms with E-state index in [-0.39, 0.29) is 24.2 Å². The molecule has 0 aliphatic carbocycles. The van der Waals surface area contributed by atoms with E-state index in [1.165, 1.54) is 18.2 Å². The highest BCUT2D eigenvalue weighted by atomic mass is 19.1. The first-order chi connectivity index (χ1) is 10.5. The van der Waals surface area contributed by atoms with E-state index >= 15 is 0 Å². The Labute approximate surface area is 126 Å². The van der Waals surface area contributed by atoms with Crippen molar-refractivity contribution in [3.8, 4) is 5.75 Å². The van der Waals surface area contributed by atoms with Gasteiger partial charge >= 0.3 is 0 Å². The average Bonchev–Trinajstić information content (AvgIpc) is 2.82. The summed E-state index contributed by atoms with van der Waals surface area (Å²) >= 11 is 0. The number of guanidine groups is 2. The summed E-state index contributed by atoms with van der Waals surface area (Å²) in [5.74, 6) is -0.577. The highest BCUT2D eigenvalue weighted by molar-refractivity contribution is 5.93. The third-order valence-electron chi connectivity index (χ3n) is 2.70. The van der Waals surface area contributed by atoms with E-state index in [1.807, 2.05) is 0 Å². The highest BCUT2D eigenvalue weighted by Gasteiger charge is 2.07. The van der Waals surface area contributed by atoms with Crippen molar-refractivity contribution in [2.24, 2.45) is 34.2 Å². The monoisotopic (exact) mass is 305 g/mol. The Hall–Kier alpha value is -3.10. The maximum Gasteiger partial charge on any atom is 0.223 e. The van der Waals surface area contributed by atoms with Gasteiger partial charge in [-0.1, -0.05) is 0 Å². The van der Waals surface area contributed by atoms with Crippen LogP contribution in [0.3, 0.4) is 0 Å². The summed E-state index contributed by atoms with van der Waals surface area (Å²) in [5, 5.41) is 4.03. The first-order valence-electron chi connectivity index (χ1n) is 6.28. The average molecular weight is 305 g/mol. The van der Waals surface area contributed by atoms with E-state index in [0.29, 0.717) is 5.75 Å². The Balaban J connectivity index is 2.24. The summed E-state index contributed by atoms with van der Waals surface area (Å²) in [7, 11) is 1.79. The first-order valence-corrected chi connectivity index (χ1v) is 6.28. The summed E-state index contributed by atoms with van der Waals surface area (Å²) in [6, 6.07) is 5.69. The largest absolute Gasteiger partial charge is 0.485 e. The minimum Gasteiger partial charge on any atom is -0.485 e. The van der Waals surface area contributed by atoms with Gasteiger partial charge in [0.15, 0.2) is 5.96 Å². The topological polar surface area (TPSA) is 130 Å². The van der Waals surface area contributed by atoms with Gasteiger partial charge in [-0.05, 0) is 18.2 Å². The zero-order valence-electron chi connectivity index (χ0n) is 11.9. The standard InChI is InChI=1S/C13H16FN7O/c1-21-9(4-5-18-21)7-22-11-3-2-8(14)6-10(11)19-13(17)20-12(15)16/h2-6H,7H2,1H3,(H6,15,16,17,19,20). The van der Waals surface area contributed by atoms with E-state index in [1.54, 1.807) is 24.0 Å². The van der Waals surface area contributed by atoms with Crippen molar-refractivity contribution < 1.29 is 9.13 Å². The van der Waals surface area contributed by atoms with Gasteiger partial charge in [0.2, 0.25) is 5.96 Å². The maximum atomic E-state index is 13.4. The second kappa shape index (κ2) is 6.57. The summed E-state index contributed by atoms with van der Waals surface area (Å²) < 4.78 is 20.7. The molecule has 22 heavy (non-hydrogen) atoms. The third-order valence-corrected chi connectivity index (χ3v) is 2.70. The molecule has 1 heterocycles. The van der Waals surface area contributed by atoms with Gasteiger partial charge in [0.05, 0.1) is 5.69 Å². The molecule has 8 nitrogen and oxygen atoms in total. The number of aryl methyl sites for hydroxylation is 1. The lowest BCUT2D eigenvalue weighted by Gasteiger charge is -2.09. The zero-order chi connectivity index (χ0) is 16.1. The number of ether oxygens (including phenoxy) is 1. The predicted octanol–water partition coefficient (Wildman–Crippen LogP) is 0.358. The highest BCUT2D eigenvalue weighted by Crippen LogP contribution is 2.29. The van der Waals surface area contributed by atoms with Crippen molar-refractivity contribution in [3.63, 3.8) is 0 Å². The van der Waals surface area contributed by atoms with Crippen LogP contribution in [0.15, 0.2) is 40.4 Å². The maximum absolute atomic E-state index is 13.4. The molecule has 0 amide bonds. The molecule has 0 saturated heterocycles. The van der Waals surface area contributed by atoms with Gasteiger partial charge in [0.1, 0.15) is 23.9 Å². The van der Waals surface area contributed by atoms with Crippen LogP contribution in [0.2, 0.25) is 0 Å². The van der Waals surface area contributed by atoms with Crippen LogP contribution >= 0.6 is 0 Å². The number of hydrogen-bond acceptors (Lipinski definition) is 3. The van der Waals surface area contributed by atoms with Crippen LogP contribution in [0.25, 0.3) is 0 Å². The Morgan fingerprint density at radius 1 is 1.32 bits per heavy atom. The number of aromatic nitrogens is 2. The molecule has 0 spiro atoms. The molecule has 0 fully saturated rings. The van der Waals surface area contributed by atoms with E-state index in [0.717, 1.165) is 5.69 Å². The quantitative estimate of drug-likeness (QED) is 0.554. The molecule has 0 bridgehead atoms. The van der Waals surface area contributed by atoms with Crippen molar-refractivity contribution in [2.45, 2.75) is 6.61 Å². The van der Waals surface area contributed by atoms with Gasteiger partial charge in [-0.2, -0.15) is 10.1 Å². The molecule has 1 aromatic heterocycles. The third kappa shape index (κ3) is 3.95. The van der Waals surface area contributed by atoms with Crippen LogP contribution in [0.5, 0.6) is 5.75 Å². The molecule has 0 saturated carbocycles. The molecule has 0 radical (unpaired) electrons. The van der Waals surface area contributed by atoms with Crippen molar-refractivity contribution in [3.05, 3.63) is 42.0 Å². The van der Waals surface area contributed by atoms with Crippen molar-refractivity contribution in [1.82, 2.24) is 9.78 Å². The Kier molecular flexibility index (Phi) is 4.57. The van der Waals surface area contributed by atoms with E-state index in [4.69, 9.17) is 21.9 Å². The lowest BCUT2D eigenvalue weighted by molar-refractivity contribution is 0.295. The zero-order valence-corrected chi connectivity index (χ0v) is 11.9. The fourth-order valence-electron chi connectivity index (χ4n) is 1.68. The molecule has 9 heteroatoms. The number of nitrogens with two attached hydrogens (primary N) is 3. The fraction of sp³-hybridized carbons (Fsp3) is 0.154. The van der Waals surface area contributed by atoms with Crippen LogP contribution in [0.4, 0.5) is 10.1 Å². The van der Waals surface area contributed by atoms with E-state index in [9.17, 15) is 4.39 Å². The summed E-state index contributed by atoms with van der Waals surface area (Å²) in [5.41, 5.74) is 17.0. The van der Waals surface area contributed by atoms with Crippen LogP contribution in [-0.2, 0) is 13.7 Å². The molecular formula is C13H16FN7O. The molecule has 116 valence electrons. The minimum atomic E-state index is -0.482. The van der Waals surface area contributed by atoms with Gasteiger partial charge in [0.25, 0.3) is 0 Å². The Morgan fingerprint density at radius 3 is 2.73 bits per heavy atom. The summed E-state index contributed by atoms with van der Waals surface area (Å²) in [6.07, 6.45) is 1.65. The van der Waals surface area contributed by atoms with Gasteiger partial charge in [0, 0.05) is 19.3 Å². The normalized spacial score (nSPS) is 11.3. The SMILES string of the molecule is Cn1nccc1COc1ccc(F)cc1N=C(N)N=C(N)N. The first kappa shape index (κ1) is 15.3. The van der Waals surface area contributed by atoms with Gasteiger partial charge in [-0.25, -0.2) is 9.38 Å². The lowest BCUT2D eigenvalue weighted by atomic mass is 10.3. The fourth-order valence-corrected chi connectivity index (χ4v) is 1.68. The van der Waals surface area contributed by atoms with E-state index < -0.39 is 5.82 Å². The molecule has 6 N–H and O–H groups in total. The van der Waals surface area contributed by atoms with Crippen molar-refractivity contribution in [1.29, 1.82) is 0 Å². The van der Waals surface area contributed by atoms with Crippen molar-refractivity contribution >= 4 is 17.6 Å². The molecule has 0 atom stereocenters. The summed E-state index contributed by atoms with van der Waals surface area (Å²) in [6.45, 7) is 0.243. The molecule has 2 aromatic rings. The second-order valence-corrected chi connectivity index (χ2v) is 4.35. The number of aliphatic imine (C=N–C) groups is 2. The molecule has 0 aliphatic heterocycles. The molecule has 2 rings (SSSR count). The molecule has 0 aliphatic rings. The van der Waals surface area contributed by atoms with Crippen molar-refractivity contribution in [2.75, 3.05) is 0 Å². The molecule has 1 aromatic carbocycles. The number of halogens is 1. The lowest BCUT2D eigenvalue weighted by Crippen LogP contribution is -2.26.